The van der Waals surface area contributed by atoms with Crippen molar-refractivity contribution in [1.82, 2.24) is 9.55 Å². The molecule has 1 saturated heterocycles. The van der Waals surface area contributed by atoms with Gasteiger partial charge in [0.2, 0.25) is 0 Å². The molecular formula is C12H22N3O14P3. The first-order chi connectivity index (χ1) is 14.6. The molecule has 0 saturated carbocycles. The summed E-state index contributed by atoms with van der Waals surface area (Å²) in [4.78, 5) is 53.5. The van der Waals surface area contributed by atoms with Crippen molar-refractivity contribution in [2.24, 2.45) is 0 Å². The third-order valence-corrected chi connectivity index (χ3v) is 7.75. The summed E-state index contributed by atoms with van der Waals surface area (Å²) in [5.41, 5.74) is -0.746. The van der Waals surface area contributed by atoms with Gasteiger partial charge in [-0.05, 0) is 6.07 Å². The molecule has 32 heavy (non-hydrogen) atoms. The van der Waals surface area contributed by atoms with Crippen LogP contribution in [0, 0.1) is 0 Å². The smallest absolute Gasteiger partial charge is 0.387 e. The van der Waals surface area contributed by atoms with Gasteiger partial charge in [0.25, 0.3) is 0 Å². The Balaban J connectivity index is 2.12. The minimum atomic E-state index is -5.70. The molecule has 0 spiro atoms. The highest BCUT2D eigenvalue weighted by molar-refractivity contribution is 7.66. The molecule has 1 aromatic rings. The Bertz CT molecular complexity index is 1010. The van der Waals surface area contributed by atoms with Gasteiger partial charge in [-0.1, -0.05) is 0 Å². The highest BCUT2D eigenvalue weighted by atomic mass is 31.3. The molecule has 1 fully saturated rings. The first-order valence-corrected chi connectivity index (χ1v) is 13.0. The number of aliphatic hydroxyl groups excluding tert-OH is 1. The summed E-state index contributed by atoms with van der Waals surface area (Å²) < 4.78 is 57.1. The Hall–Kier alpha value is -1.03. The fraction of sp³-hybridized carbons (Fsp3) is 0.667. The van der Waals surface area contributed by atoms with Gasteiger partial charge in [-0.15, -0.1) is 0 Å². The number of phosphoric ester groups is 1. The highest BCUT2D eigenvalue weighted by Crippen LogP contribution is 2.66. The average molecular weight is 525 g/mol. The second-order valence-electron chi connectivity index (χ2n) is 6.51. The van der Waals surface area contributed by atoms with Crippen LogP contribution in [0.4, 0.5) is 5.82 Å². The third kappa shape index (κ3) is 7.23. The molecule has 5 N–H and O–H groups in total. The largest absolute Gasteiger partial charge is 0.490 e. The van der Waals surface area contributed by atoms with Crippen LogP contribution in [-0.2, 0) is 36.3 Å². The number of ether oxygens (including phenoxy) is 2. The molecule has 0 bridgehead atoms. The van der Waals surface area contributed by atoms with Crippen LogP contribution in [0.2, 0.25) is 0 Å². The summed E-state index contributed by atoms with van der Waals surface area (Å²) in [6.07, 6.45) is -3.93. The summed E-state index contributed by atoms with van der Waals surface area (Å²) in [6, 6.07) is 1.49. The van der Waals surface area contributed by atoms with E-state index >= 15 is 0 Å². The van der Waals surface area contributed by atoms with E-state index in [1.165, 1.54) is 19.4 Å². The SMILES string of the molecule is CO[C@@H]1[C@H](O)[C@@H](COP(=O)(O)OP(=O)(O)OP(=O)(O)O)O[C@H]1n1ccc(N(C)C)nc1=O. The molecule has 0 radical (unpaired) electrons. The van der Waals surface area contributed by atoms with Crippen molar-refractivity contribution in [3.05, 3.63) is 22.7 Å². The van der Waals surface area contributed by atoms with Crippen molar-refractivity contribution in [2.75, 3.05) is 32.7 Å². The topological polar surface area (TPSA) is 237 Å². The molecule has 6 atom stereocenters. The Labute approximate surface area is 180 Å². The number of hydrogen-bond acceptors (Lipinski definition) is 12. The number of aromatic nitrogens is 2. The molecule has 2 unspecified atom stereocenters. The molecule has 0 aliphatic carbocycles. The summed E-state index contributed by atoms with van der Waals surface area (Å²) in [6.45, 7) is -0.917. The first-order valence-electron chi connectivity index (χ1n) is 8.46. The zero-order chi connectivity index (χ0) is 24.5. The van der Waals surface area contributed by atoms with Crippen LogP contribution in [0.5, 0.6) is 0 Å². The van der Waals surface area contributed by atoms with Crippen LogP contribution in [0.1, 0.15) is 6.23 Å². The summed E-state index contributed by atoms with van der Waals surface area (Å²) in [7, 11) is -12.1. The van der Waals surface area contributed by atoms with Crippen LogP contribution < -0.4 is 10.6 Å². The summed E-state index contributed by atoms with van der Waals surface area (Å²) >= 11 is 0. The minimum absolute atomic E-state index is 0.350. The second-order valence-corrected chi connectivity index (χ2v) is 10.9. The summed E-state index contributed by atoms with van der Waals surface area (Å²) in [5, 5.41) is 10.4. The van der Waals surface area contributed by atoms with Gasteiger partial charge in [0, 0.05) is 27.4 Å². The lowest BCUT2D eigenvalue weighted by molar-refractivity contribution is -0.0619. The molecule has 2 rings (SSSR count). The Morgan fingerprint density at radius 3 is 2.28 bits per heavy atom. The number of nitrogens with zero attached hydrogens (tertiary/aromatic N) is 3. The molecule has 17 nitrogen and oxygen atoms in total. The normalized spacial score (nSPS) is 27.6. The van der Waals surface area contributed by atoms with Crippen LogP contribution in [0.25, 0.3) is 0 Å². The van der Waals surface area contributed by atoms with Crippen molar-refractivity contribution in [3.63, 3.8) is 0 Å². The molecule has 184 valence electrons. The van der Waals surface area contributed by atoms with E-state index in [1.54, 1.807) is 19.0 Å². The average Bonchev–Trinajstić information content (AvgIpc) is 2.92. The van der Waals surface area contributed by atoms with Crippen molar-refractivity contribution < 1.29 is 61.0 Å². The van der Waals surface area contributed by atoms with Gasteiger partial charge in [-0.25, -0.2) is 18.5 Å². The third-order valence-electron chi connectivity index (χ3n) is 3.95. The van der Waals surface area contributed by atoms with Crippen LogP contribution >= 0.6 is 23.5 Å². The number of rotatable bonds is 10. The zero-order valence-corrected chi connectivity index (χ0v) is 19.4. The van der Waals surface area contributed by atoms with Gasteiger partial charge in [0.1, 0.15) is 24.1 Å². The maximum absolute atomic E-state index is 12.3. The van der Waals surface area contributed by atoms with E-state index in [-0.39, 0.29) is 0 Å². The Morgan fingerprint density at radius 2 is 1.78 bits per heavy atom. The quantitative estimate of drug-likeness (QED) is 0.229. The number of aliphatic hydroxyl groups is 1. The van der Waals surface area contributed by atoms with Gasteiger partial charge in [-0.2, -0.15) is 13.6 Å². The molecule has 1 aliphatic rings. The second kappa shape index (κ2) is 10.1. The van der Waals surface area contributed by atoms with E-state index in [0.29, 0.717) is 5.82 Å². The van der Waals surface area contributed by atoms with Gasteiger partial charge in [-0.3, -0.25) is 9.09 Å². The standard InChI is InChI=1S/C12H22N3O14P3/c1-14(2)8-4-5-15(12(17)13-8)11-10(25-3)9(16)7(27-11)6-26-31(21,22)29-32(23,24)28-30(18,19)20/h4-5,7,9-11,16H,6H2,1-3H3,(H,21,22)(H,23,24)(H2,18,19,20)/t7-,9-,10-,11-/m1/s1. The van der Waals surface area contributed by atoms with Crippen molar-refractivity contribution in [1.29, 1.82) is 0 Å². The van der Waals surface area contributed by atoms with E-state index in [4.69, 9.17) is 24.2 Å². The number of anilines is 1. The lowest BCUT2D eigenvalue weighted by Gasteiger charge is -2.21. The summed E-state index contributed by atoms with van der Waals surface area (Å²) in [5.74, 6) is 0.350. The fourth-order valence-electron chi connectivity index (χ4n) is 2.65. The number of methoxy groups -OCH3 is 1. The van der Waals surface area contributed by atoms with Crippen LogP contribution in [-0.4, -0.2) is 80.4 Å². The predicted molar refractivity (Wildman–Crippen MR) is 103 cm³/mol. The van der Waals surface area contributed by atoms with E-state index < -0.39 is 60.3 Å². The van der Waals surface area contributed by atoms with E-state index in [9.17, 15) is 28.5 Å². The molecule has 0 amide bonds. The van der Waals surface area contributed by atoms with E-state index in [0.717, 1.165) is 4.57 Å². The maximum Gasteiger partial charge on any atom is 0.490 e. The molecule has 0 aromatic carbocycles. The van der Waals surface area contributed by atoms with Gasteiger partial charge < -0.3 is 39.1 Å². The predicted octanol–water partition coefficient (Wildman–Crippen LogP) is -1.07. The Morgan fingerprint density at radius 1 is 1.16 bits per heavy atom. The van der Waals surface area contributed by atoms with Gasteiger partial charge in [0.15, 0.2) is 6.23 Å². The molecule has 2 heterocycles. The molecule has 20 heteroatoms. The van der Waals surface area contributed by atoms with Crippen molar-refractivity contribution >= 4 is 29.3 Å². The van der Waals surface area contributed by atoms with Crippen molar-refractivity contribution in [3.8, 4) is 0 Å². The number of phosphoric acid groups is 3. The van der Waals surface area contributed by atoms with E-state index in [1.807, 2.05) is 0 Å². The lowest BCUT2D eigenvalue weighted by atomic mass is 10.1. The monoisotopic (exact) mass is 525 g/mol. The molecule has 1 aliphatic heterocycles. The number of hydrogen-bond donors (Lipinski definition) is 5. The van der Waals surface area contributed by atoms with Gasteiger partial charge >= 0.3 is 29.2 Å². The fourth-order valence-corrected chi connectivity index (χ4v) is 5.68. The lowest BCUT2D eigenvalue weighted by Crippen LogP contribution is -2.37. The van der Waals surface area contributed by atoms with Crippen molar-refractivity contribution in [2.45, 2.75) is 24.5 Å². The minimum Gasteiger partial charge on any atom is -0.387 e. The molecule has 1 aromatic heterocycles. The van der Waals surface area contributed by atoms with E-state index in [2.05, 4.69) is 18.1 Å². The van der Waals surface area contributed by atoms with Crippen LogP contribution in [0.15, 0.2) is 17.1 Å². The van der Waals surface area contributed by atoms with Gasteiger partial charge in [0.05, 0.1) is 6.61 Å². The highest BCUT2D eigenvalue weighted by Gasteiger charge is 2.47. The maximum atomic E-state index is 12.3. The first kappa shape index (κ1) is 27.2. The molecular weight excluding hydrogens is 503 g/mol. The zero-order valence-electron chi connectivity index (χ0n) is 16.8. The van der Waals surface area contributed by atoms with Crippen LogP contribution in [0.3, 0.4) is 0 Å². The Kier molecular flexibility index (Phi) is 8.57.